The zero-order valence-electron chi connectivity index (χ0n) is 3.81. The average Bonchev–Trinajstić information content (AvgIpc) is 0.811. The van der Waals surface area contributed by atoms with Gasteiger partial charge in [0.1, 0.15) is 0 Å². The molecule has 0 saturated heterocycles. The summed E-state index contributed by atoms with van der Waals surface area (Å²) in [6.07, 6.45) is -2.33. The Morgan fingerprint density at radius 2 is 1.43 bits per heavy atom. The van der Waals surface area contributed by atoms with Gasteiger partial charge in [0.2, 0.25) is 0 Å². The van der Waals surface area contributed by atoms with E-state index in [4.69, 9.17) is 15.0 Å². The van der Waals surface area contributed by atoms with Crippen molar-refractivity contribution in [2.75, 3.05) is 0 Å². The van der Waals surface area contributed by atoms with Gasteiger partial charge in [0.05, 0.1) is 0 Å². The van der Waals surface area contributed by atoms with Crippen molar-refractivity contribution in [1.29, 1.82) is 0 Å². The zero-order valence-corrected chi connectivity index (χ0v) is 5.77. The van der Waals surface area contributed by atoms with Crippen LogP contribution in [-0.4, -0.2) is 89.4 Å². The molecule has 0 aromatic carbocycles. The molecule has 0 aromatic heterocycles. The van der Waals surface area contributed by atoms with E-state index in [2.05, 4.69) is 0 Å². The molecular weight excluding hydrogens is 223 g/mol. The van der Waals surface area contributed by atoms with E-state index in [0.29, 0.717) is 0 Å². The predicted molar refractivity (Wildman–Crippen MR) is 20.8 cm³/mol. The summed E-state index contributed by atoms with van der Waals surface area (Å²) in [5.41, 5.74) is 0. The van der Waals surface area contributed by atoms with Gasteiger partial charge in [-0.2, -0.15) is 0 Å². The van der Waals surface area contributed by atoms with Crippen LogP contribution in [0.5, 0.6) is 0 Å². The van der Waals surface area contributed by atoms with Crippen molar-refractivity contribution in [2.24, 2.45) is 0 Å². The molecule has 0 aliphatic heterocycles. The molecular formula is CH3CaClO3Sr. The van der Waals surface area contributed by atoms with Crippen molar-refractivity contribution in [2.45, 2.75) is 0 Å². The molecule has 0 aliphatic rings. The Hall–Kier alpha value is 2.30. The third-order valence-electron chi connectivity index (χ3n) is 0. The average molecular weight is 226 g/mol. The van der Waals surface area contributed by atoms with E-state index in [9.17, 15) is 0 Å². The number of rotatable bonds is 0. The molecule has 0 saturated carbocycles. The Labute approximate surface area is 116 Å². The molecule has 0 unspecified atom stereocenters. The Morgan fingerprint density at radius 3 is 1.43 bits per heavy atom. The Kier molecular flexibility index (Phi) is 51.3. The van der Waals surface area contributed by atoms with E-state index in [1.807, 2.05) is 0 Å². The van der Waals surface area contributed by atoms with Gasteiger partial charge in [-0.3, -0.25) is 0 Å². The molecule has 0 bridgehead atoms. The van der Waals surface area contributed by atoms with Crippen LogP contribution < -0.4 is 22.6 Å². The molecule has 0 aromatic rings. The summed E-state index contributed by atoms with van der Waals surface area (Å²) in [6, 6.07) is 0. The fraction of sp³-hybridized carbons (Fsp3) is 0. The van der Waals surface area contributed by atoms with Crippen LogP contribution in [0.1, 0.15) is 1.43 Å². The molecule has 7 heavy (non-hydrogen) atoms. The first-order valence-corrected chi connectivity index (χ1v) is 0.612. The van der Waals surface area contributed by atoms with E-state index in [1.165, 1.54) is 0 Å². The molecule has 0 radical (unpaired) electrons. The van der Waals surface area contributed by atoms with Crippen LogP contribution in [0.4, 0.5) is 4.79 Å². The van der Waals surface area contributed by atoms with E-state index < -0.39 is 6.16 Å². The van der Waals surface area contributed by atoms with Crippen LogP contribution in [0.3, 0.4) is 0 Å². The van der Waals surface area contributed by atoms with Gasteiger partial charge in [0.25, 0.3) is 0 Å². The first-order valence-electron chi connectivity index (χ1n) is 0.612. The third kappa shape index (κ3) is 62.3. The first-order chi connectivity index (χ1) is 1.73. The second-order valence-corrected chi connectivity index (χ2v) is 0.250. The van der Waals surface area contributed by atoms with E-state index in [1.54, 1.807) is 0 Å². The minimum absolute atomic E-state index is 0. The quantitative estimate of drug-likeness (QED) is 0.386. The van der Waals surface area contributed by atoms with E-state index >= 15 is 0 Å². The molecule has 6 heteroatoms. The minimum atomic E-state index is -2.33. The van der Waals surface area contributed by atoms with Gasteiger partial charge in [0, 0.05) is 0 Å². The summed E-state index contributed by atoms with van der Waals surface area (Å²) in [7, 11) is 0. The third-order valence-corrected chi connectivity index (χ3v) is 0. The molecule has 3 nitrogen and oxygen atoms in total. The second kappa shape index (κ2) is 15.7. The van der Waals surface area contributed by atoms with Gasteiger partial charge < -0.3 is 27.4 Å². The van der Waals surface area contributed by atoms with Gasteiger partial charge in [-0.1, -0.05) is 0 Å². The van der Waals surface area contributed by atoms with Crippen molar-refractivity contribution in [1.82, 2.24) is 0 Å². The van der Waals surface area contributed by atoms with Crippen molar-refractivity contribution < 1.29 is 28.8 Å². The number of carbonyl (C=O) groups excluding carboxylic acids is 1. The van der Waals surface area contributed by atoms with Crippen molar-refractivity contribution in [3.8, 4) is 0 Å². The number of halogens is 1. The van der Waals surface area contributed by atoms with Gasteiger partial charge >= 0.3 is 84.6 Å². The summed E-state index contributed by atoms with van der Waals surface area (Å²) >= 11 is 0. The summed E-state index contributed by atoms with van der Waals surface area (Å²) in [5.74, 6) is 0. The SMILES string of the molecule is O=C([O-])[O-].[Ca+2].[Cl-].[H+].[SrH2]. The number of carbonyl (C=O) groups is 1. The van der Waals surface area contributed by atoms with Gasteiger partial charge in [-0.15, -0.1) is 0 Å². The molecule has 0 fully saturated rings. The number of hydrogen-bond acceptors (Lipinski definition) is 3. The number of hydrogen-bond donors (Lipinski definition) is 0. The maximum atomic E-state index is 8.33. The standard InChI is InChI=1S/CH2O3.Ca.ClH.Sr.2H/c2-1(3)4;;;;;/h(H2,2,3,4);;1H;;;/q;+2;;;;/p-2. The van der Waals surface area contributed by atoms with Crippen LogP contribution in [0.15, 0.2) is 0 Å². The summed E-state index contributed by atoms with van der Waals surface area (Å²) in [6.45, 7) is 0. The fourth-order valence-electron chi connectivity index (χ4n) is 0. The van der Waals surface area contributed by atoms with Crippen molar-refractivity contribution in [3.63, 3.8) is 0 Å². The van der Waals surface area contributed by atoms with E-state index in [-0.39, 0.29) is 97.1 Å². The topological polar surface area (TPSA) is 63.2 Å². The molecule has 0 N–H and O–H groups in total. The van der Waals surface area contributed by atoms with Crippen LogP contribution in [0.25, 0.3) is 0 Å². The molecule has 0 aliphatic carbocycles. The summed E-state index contributed by atoms with van der Waals surface area (Å²) in [5, 5.41) is 16.7. The molecule has 0 spiro atoms. The molecule has 36 valence electrons. The summed E-state index contributed by atoms with van der Waals surface area (Å²) in [4.78, 5) is 8.33. The monoisotopic (exact) mass is 226 g/mol. The fourth-order valence-corrected chi connectivity index (χ4v) is 0. The Morgan fingerprint density at radius 1 is 1.43 bits per heavy atom. The van der Waals surface area contributed by atoms with Crippen LogP contribution >= 0.6 is 0 Å². The normalized spacial score (nSPS) is 3.43. The number of carboxylic acid groups (broad SMARTS) is 2. The van der Waals surface area contributed by atoms with Gasteiger partial charge in [-0.25, -0.2) is 0 Å². The van der Waals surface area contributed by atoms with Crippen LogP contribution in [0, 0.1) is 0 Å². The summed E-state index contributed by atoms with van der Waals surface area (Å²) < 4.78 is 0. The molecule has 0 heterocycles. The van der Waals surface area contributed by atoms with Gasteiger partial charge in [0.15, 0.2) is 0 Å². The maximum absolute atomic E-state index is 8.33. The Bertz CT molecular complexity index is 42.3. The van der Waals surface area contributed by atoms with Crippen LogP contribution in [0.2, 0.25) is 0 Å². The van der Waals surface area contributed by atoms with Crippen molar-refractivity contribution in [3.05, 3.63) is 0 Å². The predicted octanol–water partition coefficient (Wildman–Crippen LogP) is -6.63. The Balaban J connectivity index is -0.00000000750. The van der Waals surface area contributed by atoms with E-state index in [0.717, 1.165) is 0 Å². The molecule has 0 rings (SSSR count). The molecule has 0 atom stereocenters. The van der Waals surface area contributed by atoms with Gasteiger partial charge in [-0.05, 0) is 6.16 Å². The second-order valence-electron chi connectivity index (χ2n) is 0.250. The van der Waals surface area contributed by atoms with Crippen LogP contribution in [-0.2, 0) is 0 Å². The first kappa shape index (κ1) is 22.8. The zero-order chi connectivity index (χ0) is 3.58. The molecule has 0 amide bonds. The van der Waals surface area contributed by atoms with Crippen molar-refractivity contribution >= 4 is 89.4 Å².